The number of carboxylic acids is 1. The monoisotopic (exact) mass is 257 g/mol. The SMILES string of the molecule is CC(C)COCCN1CCCC(C)(C)C1C(=O)O. The van der Waals surface area contributed by atoms with Gasteiger partial charge < -0.3 is 9.84 Å². The zero-order valence-electron chi connectivity index (χ0n) is 12.1. The maximum atomic E-state index is 11.4. The summed E-state index contributed by atoms with van der Waals surface area (Å²) in [5, 5.41) is 9.41. The minimum atomic E-state index is -0.705. The summed E-state index contributed by atoms with van der Waals surface area (Å²) in [5.41, 5.74) is -0.151. The number of piperidine rings is 1. The zero-order valence-corrected chi connectivity index (χ0v) is 12.1. The lowest BCUT2D eigenvalue weighted by Crippen LogP contribution is -2.55. The number of hydrogen-bond acceptors (Lipinski definition) is 3. The van der Waals surface area contributed by atoms with Gasteiger partial charge in [0.2, 0.25) is 0 Å². The van der Waals surface area contributed by atoms with Crippen molar-refractivity contribution in [2.45, 2.75) is 46.6 Å². The van der Waals surface area contributed by atoms with Gasteiger partial charge in [0.05, 0.1) is 6.61 Å². The fourth-order valence-electron chi connectivity index (χ4n) is 2.73. The van der Waals surface area contributed by atoms with E-state index in [-0.39, 0.29) is 11.5 Å². The standard InChI is InChI=1S/C14H27NO3/c1-11(2)10-18-9-8-15-7-5-6-14(3,4)12(15)13(16)17/h11-12H,5-10H2,1-4H3,(H,16,17). The Bertz CT molecular complexity index is 276. The lowest BCUT2D eigenvalue weighted by atomic mass is 9.76. The smallest absolute Gasteiger partial charge is 0.321 e. The molecule has 18 heavy (non-hydrogen) atoms. The van der Waals surface area contributed by atoms with Crippen LogP contribution in [0.15, 0.2) is 0 Å². The maximum Gasteiger partial charge on any atom is 0.321 e. The first-order valence-electron chi connectivity index (χ1n) is 6.89. The normalized spacial score (nSPS) is 24.4. The molecule has 1 fully saturated rings. The lowest BCUT2D eigenvalue weighted by Gasteiger charge is -2.44. The molecule has 1 unspecified atom stereocenters. The number of rotatable bonds is 6. The molecule has 1 aliphatic rings. The molecule has 0 aromatic carbocycles. The predicted molar refractivity (Wildman–Crippen MR) is 71.7 cm³/mol. The Morgan fingerprint density at radius 2 is 2.17 bits per heavy atom. The molecule has 0 radical (unpaired) electrons. The van der Waals surface area contributed by atoms with Gasteiger partial charge >= 0.3 is 5.97 Å². The third kappa shape index (κ3) is 4.25. The van der Waals surface area contributed by atoms with E-state index < -0.39 is 5.97 Å². The number of carbonyl (C=O) groups is 1. The van der Waals surface area contributed by atoms with Crippen molar-refractivity contribution in [1.82, 2.24) is 4.90 Å². The van der Waals surface area contributed by atoms with E-state index in [9.17, 15) is 9.90 Å². The first-order chi connectivity index (χ1) is 8.34. The highest BCUT2D eigenvalue weighted by atomic mass is 16.5. The average Bonchev–Trinajstić information content (AvgIpc) is 2.22. The van der Waals surface area contributed by atoms with Crippen LogP contribution in [0, 0.1) is 11.3 Å². The molecule has 0 saturated carbocycles. The Hall–Kier alpha value is -0.610. The molecule has 1 rings (SSSR count). The second-order valence-electron chi connectivity index (χ2n) is 6.34. The molecule has 0 spiro atoms. The molecule has 0 amide bonds. The summed E-state index contributed by atoms with van der Waals surface area (Å²) in [6.45, 7) is 11.3. The van der Waals surface area contributed by atoms with Gasteiger partial charge in [0, 0.05) is 13.2 Å². The van der Waals surface area contributed by atoms with E-state index in [0.29, 0.717) is 19.1 Å². The summed E-state index contributed by atoms with van der Waals surface area (Å²) in [5.74, 6) is -0.179. The fraction of sp³-hybridized carbons (Fsp3) is 0.929. The lowest BCUT2D eigenvalue weighted by molar-refractivity contribution is -0.151. The van der Waals surface area contributed by atoms with Crippen LogP contribution in [0.4, 0.5) is 0 Å². The molecule has 1 heterocycles. The van der Waals surface area contributed by atoms with Crippen molar-refractivity contribution in [2.24, 2.45) is 11.3 Å². The van der Waals surface area contributed by atoms with Crippen LogP contribution in [-0.4, -0.2) is 48.3 Å². The van der Waals surface area contributed by atoms with Crippen LogP contribution in [0.25, 0.3) is 0 Å². The molecule has 0 aromatic heterocycles. The van der Waals surface area contributed by atoms with Gasteiger partial charge in [0.25, 0.3) is 0 Å². The molecular weight excluding hydrogens is 230 g/mol. The molecular formula is C14H27NO3. The quantitative estimate of drug-likeness (QED) is 0.741. The van der Waals surface area contributed by atoms with Crippen LogP contribution in [0.3, 0.4) is 0 Å². The van der Waals surface area contributed by atoms with E-state index in [2.05, 4.69) is 18.7 Å². The Morgan fingerprint density at radius 1 is 1.50 bits per heavy atom. The van der Waals surface area contributed by atoms with Gasteiger partial charge in [0.15, 0.2) is 0 Å². The number of hydrogen-bond donors (Lipinski definition) is 1. The summed E-state index contributed by atoms with van der Waals surface area (Å²) >= 11 is 0. The van der Waals surface area contributed by atoms with Crippen LogP contribution in [-0.2, 0) is 9.53 Å². The third-order valence-corrected chi connectivity index (χ3v) is 3.58. The first-order valence-corrected chi connectivity index (χ1v) is 6.89. The van der Waals surface area contributed by atoms with Crippen LogP contribution < -0.4 is 0 Å². The summed E-state index contributed by atoms with van der Waals surface area (Å²) in [6.07, 6.45) is 2.05. The van der Waals surface area contributed by atoms with Crippen LogP contribution in [0.2, 0.25) is 0 Å². The highest BCUT2D eigenvalue weighted by molar-refractivity contribution is 5.74. The van der Waals surface area contributed by atoms with Crippen molar-refractivity contribution >= 4 is 5.97 Å². The molecule has 1 aliphatic heterocycles. The highest BCUT2D eigenvalue weighted by Crippen LogP contribution is 2.35. The van der Waals surface area contributed by atoms with E-state index >= 15 is 0 Å². The van der Waals surface area contributed by atoms with Crippen LogP contribution in [0.5, 0.6) is 0 Å². The first kappa shape index (κ1) is 15.4. The van der Waals surface area contributed by atoms with Gasteiger partial charge in [-0.3, -0.25) is 9.69 Å². The van der Waals surface area contributed by atoms with Crippen molar-refractivity contribution < 1.29 is 14.6 Å². The second-order valence-corrected chi connectivity index (χ2v) is 6.34. The summed E-state index contributed by atoms with van der Waals surface area (Å²) in [4.78, 5) is 13.5. The Balaban J connectivity index is 2.49. The number of nitrogens with zero attached hydrogens (tertiary/aromatic N) is 1. The Kier molecular flexibility index (Phi) is 5.60. The van der Waals surface area contributed by atoms with Gasteiger partial charge in [-0.15, -0.1) is 0 Å². The largest absolute Gasteiger partial charge is 0.480 e. The Labute approximate surface area is 110 Å². The maximum absolute atomic E-state index is 11.4. The van der Waals surface area contributed by atoms with E-state index in [1.54, 1.807) is 0 Å². The molecule has 1 saturated heterocycles. The number of aliphatic carboxylic acids is 1. The molecule has 4 heteroatoms. The number of carboxylic acid groups (broad SMARTS) is 1. The van der Waals surface area contributed by atoms with Crippen molar-refractivity contribution in [3.8, 4) is 0 Å². The summed E-state index contributed by atoms with van der Waals surface area (Å²) in [6, 6.07) is -0.381. The van der Waals surface area contributed by atoms with E-state index in [1.165, 1.54) is 0 Å². The minimum absolute atomic E-state index is 0.151. The van der Waals surface area contributed by atoms with Crippen LogP contribution in [0.1, 0.15) is 40.5 Å². The summed E-state index contributed by atoms with van der Waals surface area (Å²) in [7, 11) is 0. The molecule has 0 aliphatic carbocycles. The van der Waals surface area contributed by atoms with Gasteiger partial charge in [-0.25, -0.2) is 0 Å². The van der Waals surface area contributed by atoms with Crippen molar-refractivity contribution in [3.63, 3.8) is 0 Å². The fourth-order valence-corrected chi connectivity index (χ4v) is 2.73. The van der Waals surface area contributed by atoms with Gasteiger partial charge in [0.1, 0.15) is 6.04 Å². The highest BCUT2D eigenvalue weighted by Gasteiger charge is 2.42. The van der Waals surface area contributed by atoms with Crippen molar-refractivity contribution in [3.05, 3.63) is 0 Å². The van der Waals surface area contributed by atoms with E-state index in [0.717, 1.165) is 26.0 Å². The number of likely N-dealkylation sites (tertiary alicyclic amines) is 1. The molecule has 4 nitrogen and oxygen atoms in total. The Morgan fingerprint density at radius 3 is 2.72 bits per heavy atom. The van der Waals surface area contributed by atoms with Crippen LogP contribution >= 0.6 is 0 Å². The van der Waals surface area contributed by atoms with Gasteiger partial charge in [-0.05, 0) is 30.7 Å². The molecule has 0 aromatic rings. The molecule has 0 bridgehead atoms. The molecule has 1 atom stereocenters. The van der Waals surface area contributed by atoms with Gasteiger partial charge in [-0.1, -0.05) is 27.7 Å². The third-order valence-electron chi connectivity index (χ3n) is 3.58. The average molecular weight is 257 g/mol. The summed E-state index contributed by atoms with van der Waals surface area (Å²) < 4.78 is 5.56. The van der Waals surface area contributed by atoms with Crippen molar-refractivity contribution in [1.29, 1.82) is 0 Å². The van der Waals surface area contributed by atoms with Crippen molar-refractivity contribution in [2.75, 3.05) is 26.3 Å². The minimum Gasteiger partial charge on any atom is -0.480 e. The topological polar surface area (TPSA) is 49.8 Å². The zero-order chi connectivity index (χ0) is 13.8. The number of ether oxygens (including phenoxy) is 1. The predicted octanol–water partition coefficient (Wildman–Crippen LogP) is 2.23. The molecule has 106 valence electrons. The van der Waals surface area contributed by atoms with Gasteiger partial charge in [-0.2, -0.15) is 0 Å². The molecule has 1 N–H and O–H groups in total. The van der Waals surface area contributed by atoms with E-state index in [4.69, 9.17) is 4.74 Å². The second kappa shape index (κ2) is 6.53. The van der Waals surface area contributed by atoms with E-state index in [1.807, 2.05) is 13.8 Å².